The Morgan fingerprint density at radius 2 is 2.50 bits per heavy atom. The van der Waals surface area contributed by atoms with Crippen molar-refractivity contribution in [2.75, 3.05) is 13.3 Å². The molecule has 34 valence electrons. The molecule has 0 fully saturated rings. The lowest BCUT2D eigenvalue weighted by atomic mass is 10.8. The van der Waals surface area contributed by atoms with Gasteiger partial charge in [-0.05, 0) is 0 Å². The van der Waals surface area contributed by atoms with Crippen molar-refractivity contribution < 1.29 is 4.74 Å². The van der Waals surface area contributed by atoms with Gasteiger partial charge in [0.2, 0.25) is 0 Å². The molecule has 0 bridgehead atoms. The van der Waals surface area contributed by atoms with Gasteiger partial charge in [0.05, 0.1) is 6.73 Å². The van der Waals surface area contributed by atoms with Gasteiger partial charge in [0, 0.05) is 0 Å². The summed E-state index contributed by atoms with van der Waals surface area (Å²) >= 11 is 0. The first-order chi connectivity index (χ1) is 2.91. The summed E-state index contributed by atoms with van der Waals surface area (Å²) in [6.07, 6.45) is 4.78. The van der Waals surface area contributed by atoms with Crippen LogP contribution in [-0.4, -0.2) is 13.3 Å². The fourth-order valence-corrected chi connectivity index (χ4v) is 0.118. The first-order valence-electron chi connectivity index (χ1n) is 1.63. The van der Waals surface area contributed by atoms with E-state index in [1.807, 2.05) is 0 Å². The van der Waals surface area contributed by atoms with E-state index in [0.717, 1.165) is 0 Å². The Labute approximate surface area is 37.3 Å². The van der Waals surface area contributed by atoms with E-state index in [0.29, 0.717) is 6.61 Å². The molecule has 0 atom stereocenters. The SMILES string of the molecule is C#CCOCN. The molecule has 0 spiro atoms. The summed E-state index contributed by atoms with van der Waals surface area (Å²) in [7, 11) is 0. The maximum Gasteiger partial charge on any atom is 0.109 e. The Kier molecular flexibility index (Phi) is 4.09. The topological polar surface area (TPSA) is 35.2 Å². The van der Waals surface area contributed by atoms with E-state index < -0.39 is 0 Å². The minimum Gasteiger partial charge on any atom is -0.354 e. The molecule has 0 saturated carbocycles. The quantitative estimate of drug-likeness (QED) is 0.280. The first kappa shape index (κ1) is 5.48. The molecule has 0 heterocycles. The van der Waals surface area contributed by atoms with Crippen LogP contribution in [-0.2, 0) is 4.74 Å². The molecule has 0 aliphatic carbocycles. The highest BCUT2D eigenvalue weighted by Gasteiger charge is 1.67. The van der Waals surface area contributed by atoms with Gasteiger partial charge in [-0.15, -0.1) is 6.42 Å². The lowest BCUT2D eigenvalue weighted by molar-refractivity contribution is 0.175. The van der Waals surface area contributed by atoms with Crippen LogP contribution in [0.3, 0.4) is 0 Å². The molecule has 2 heteroatoms. The summed E-state index contributed by atoms with van der Waals surface area (Å²) in [6.45, 7) is 0.528. The van der Waals surface area contributed by atoms with E-state index in [1.165, 1.54) is 0 Å². The maximum atomic E-state index is 4.90. The van der Waals surface area contributed by atoms with Crippen LogP contribution in [0, 0.1) is 12.3 Å². The standard InChI is InChI=1S/C4H7NO/c1-2-3-6-4-5/h1H,3-5H2. The summed E-state index contributed by atoms with van der Waals surface area (Å²) in [6, 6.07) is 0. The smallest absolute Gasteiger partial charge is 0.109 e. The van der Waals surface area contributed by atoms with Crippen LogP contribution in [0.15, 0.2) is 0 Å². The zero-order valence-corrected chi connectivity index (χ0v) is 3.48. The molecular weight excluding hydrogens is 78.1 g/mol. The lowest BCUT2D eigenvalue weighted by Gasteiger charge is -1.86. The number of rotatable bonds is 2. The predicted molar refractivity (Wildman–Crippen MR) is 23.8 cm³/mol. The summed E-state index contributed by atoms with van der Waals surface area (Å²) in [5.74, 6) is 2.27. The highest BCUT2D eigenvalue weighted by molar-refractivity contribution is 4.82. The van der Waals surface area contributed by atoms with Crippen LogP contribution in [0.4, 0.5) is 0 Å². The van der Waals surface area contributed by atoms with Crippen LogP contribution in [0.5, 0.6) is 0 Å². The predicted octanol–water partition coefficient (Wildman–Crippen LogP) is -0.448. The second-order valence-electron chi connectivity index (χ2n) is 0.719. The normalized spacial score (nSPS) is 7.33. The fourth-order valence-electron chi connectivity index (χ4n) is 0.118. The third-order valence-corrected chi connectivity index (χ3v) is 0.303. The molecule has 0 unspecified atom stereocenters. The highest BCUT2D eigenvalue weighted by atomic mass is 16.5. The molecular formula is C4H7NO. The summed E-state index contributed by atoms with van der Waals surface area (Å²) in [4.78, 5) is 0. The average Bonchev–Trinajstić information content (AvgIpc) is 1.61. The van der Waals surface area contributed by atoms with E-state index in [-0.39, 0.29) is 6.73 Å². The van der Waals surface area contributed by atoms with Crippen molar-refractivity contribution in [1.29, 1.82) is 0 Å². The Bertz CT molecular complexity index is 55.1. The van der Waals surface area contributed by atoms with Crippen molar-refractivity contribution in [3.8, 4) is 12.3 Å². The molecule has 0 radical (unpaired) electrons. The van der Waals surface area contributed by atoms with Gasteiger partial charge in [-0.2, -0.15) is 0 Å². The van der Waals surface area contributed by atoms with Gasteiger partial charge in [0.25, 0.3) is 0 Å². The molecule has 0 aromatic carbocycles. The van der Waals surface area contributed by atoms with Crippen molar-refractivity contribution in [2.24, 2.45) is 5.73 Å². The van der Waals surface area contributed by atoms with Crippen LogP contribution in [0.25, 0.3) is 0 Å². The van der Waals surface area contributed by atoms with Gasteiger partial charge in [0.15, 0.2) is 0 Å². The molecule has 0 rings (SSSR count). The van der Waals surface area contributed by atoms with Crippen LogP contribution >= 0.6 is 0 Å². The molecule has 0 aromatic heterocycles. The molecule has 2 N–H and O–H groups in total. The third-order valence-electron chi connectivity index (χ3n) is 0.303. The Morgan fingerprint density at radius 1 is 1.83 bits per heavy atom. The van der Waals surface area contributed by atoms with E-state index in [2.05, 4.69) is 10.7 Å². The van der Waals surface area contributed by atoms with Crippen molar-refractivity contribution >= 4 is 0 Å². The van der Waals surface area contributed by atoms with Crippen molar-refractivity contribution in [3.05, 3.63) is 0 Å². The van der Waals surface area contributed by atoms with Gasteiger partial charge < -0.3 is 10.5 Å². The van der Waals surface area contributed by atoms with E-state index in [9.17, 15) is 0 Å². The maximum absolute atomic E-state index is 4.90. The highest BCUT2D eigenvalue weighted by Crippen LogP contribution is 1.59. The van der Waals surface area contributed by atoms with Crippen LogP contribution in [0.2, 0.25) is 0 Å². The fraction of sp³-hybridized carbons (Fsp3) is 0.500. The molecule has 6 heavy (non-hydrogen) atoms. The van der Waals surface area contributed by atoms with Gasteiger partial charge >= 0.3 is 0 Å². The largest absolute Gasteiger partial charge is 0.354 e. The summed E-state index contributed by atoms with van der Waals surface area (Å²) < 4.78 is 4.52. The number of hydrogen-bond acceptors (Lipinski definition) is 2. The van der Waals surface area contributed by atoms with Crippen molar-refractivity contribution in [3.63, 3.8) is 0 Å². The Hall–Kier alpha value is -0.520. The van der Waals surface area contributed by atoms with Crippen LogP contribution < -0.4 is 5.73 Å². The monoisotopic (exact) mass is 85.1 g/mol. The second-order valence-corrected chi connectivity index (χ2v) is 0.719. The van der Waals surface area contributed by atoms with Gasteiger partial charge in [-0.3, -0.25) is 0 Å². The minimum absolute atomic E-state index is 0.212. The average molecular weight is 85.1 g/mol. The lowest BCUT2D eigenvalue weighted by Crippen LogP contribution is -2.03. The molecule has 0 aromatic rings. The van der Waals surface area contributed by atoms with Crippen molar-refractivity contribution in [2.45, 2.75) is 0 Å². The zero-order chi connectivity index (χ0) is 4.83. The minimum atomic E-state index is 0.212. The number of nitrogens with two attached hydrogens (primary N) is 1. The molecule has 0 saturated heterocycles. The molecule has 2 nitrogen and oxygen atoms in total. The third kappa shape index (κ3) is 3.48. The Morgan fingerprint density at radius 3 is 2.67 bits per heavy atom. The van der Waals surface area contributed by atoms with Gasteiger partial charge in [0.1, 0.15) is 6.61 Å². The number of hydrogen-bond donors (Lipinski definition) is 1. The number of ether oxygens (including phenoxy) is 1. The van der Waals surface area contributed by atoms with Gasteiger partial charge in [-0.25, -0.2) is 0 Å². The van der Waals surface area contributed by atoms with Crippen LogP contribution in [0.1, 0.15) is 0 Å². The molecule has 0 aliphatic rings. The van der Waals surface area contributed by atoms with Gasteiger partial charge in [-0.1, -0.05) is 5.92 Å². The Balaban J connectivity index is 2.54. The van der Waals surface area contributed by atoms with Crippen molar-refractivity contribution in [1.82, 2.24) is 0 Å². The molecule has 0 amide bonds. The zero-order valence-electron chi connectivity index (χ0n) is 3.48. The van der Waals surface area contributed by atoms with E-state index >= 15 is 0 Å². The van der Waals surface area contributed by atoms with E-state index in [4.69, 9.17) is 12.2 Å². The molecule has 0 aliphatic heterocycles. The second kappa shape index (κ2) is 4.48. The first-order valence-corrected chi connectivity index (χ1v) is 1.63. The van der Waals surface area contributed by atoms with E-state index in [1.54, 1.807) is 0 Å². The summed E-state index contributed by atoms with van der Waals surface area (Å²) in [5.41, 5.74) is 4.90. The number of terminal acetylenes is 1. The summed E-state index contributed by atoms with van der Waals surface area (Å²) in [5, 5.41) is 0.